The van der Waals surface area contributed by atoms with Gasteiger partial charge in [-0.15, -0.1) is 10.2 Å². The summed E-state index contributed by atoms with van der Waals surface area (Å²) in [4.78, 5) is 12.7. The van der Waals surface area contributed by atoms with Gasteiger partial charge in [0.1, 0.15) is 0 Å². The number of hydrogen-bond acceptors (Lipinski definition) is 5. The van der Waals surface area contributed by atoms with Gasteiger partial charge in [-0.25, -0.2) is 0 Å². The Hall–Kier alpha value is -1.82. The zero-order valence-corrected chi connectivity index (χ0v) is 18.9. The fourth-order valence-corrected chi connectivity index (χ4v) is 7.11. The molecular formula is C24H31N3O2S. The van der Waals surface area contributed by atoms with Crippen LogP contribution in [0.15, 0.2) is 27.8 Å². The van der Waals surface area contributed by atoms with Crippen molar-refractivity contribution in [2.75, 3.05) is 5.75 Å². The molecule has 0 spiro atoms. The highest BCUT2D eigenvalue weighted by Gasteiger charge is 2.53. The first-order chi connectivity index (χ1) is 14.4. The van der Waals surface area contributed by atoms with Crippen molar-refractivity contribution in [2.24, 2.45) is 23.2 Å². The highest BCUT2D eigenvalue weighted by molar-refractivity contribution is 7.99. The van der Waals surface area contributed by atoms with Gasteiger partial charge in [-0.1, -0.05) is 17.8 Å². The minimum atomic E-state index is 0.0641. The van der Waals surface area contributed by atoms with Gasteiger partial charge >= 0.3 is 0 Å². The zero-order valence-electron chi connectivity index (χ0n) is 18.1. The Balaban J connectivity index is 1.17. The minimum absolute atomic E-state index is 0.0641. The van der Waals surface area contributed by atoms with Crippen molar-refractivity contribution in [1.82, 2.24) is 15.5 Å². The number of carbonyl (C=O) groups excluding carboxylic acids is 1. The van der Waals surface area contributed by atoms with Crippen molar-refractivity contribution in [3.63, 3.8) is 0 Å². The number of aromatic nitrogens is 2. The van der Waals surface area contributed by atoms with E-state index in [-0.39, 0.29) is 11.9 Å². The van der Waals surface area contributed by atoms with Gasteiger partial charge in [0, 0.05) is 11.6 Å². The first kappa shape index (κ1) is 20.1. The highest BCUT2D eigenvalue weighted by atomic mass is 32.2. The molecule has 4 aliphatic carbocycles. The summed E-state index contributed by atoms with van der Waals surface area (Å²) in [6.45, 7) is 6.37. The summed E-state index contributed by atoms with van der Waals surface area (Å²) < 4.78 is 5.78. The van der Waals surface area contributed by atoms with Crippen LogP contribution in [-0.4, -0.2) is 27.9 Å². The molecule has 0 saturated heterocycles. The van der Waals surface area contributed by atoms with E-state index in [9.17, 15) is 4.79 Å². The Morgan fingerprint density at radius 1 is 1.13 bits per heavy atom. The van der Waals surface area contributed by atoms with E-state index in [2.05, 4.69) is 48.4 Å². The summed E-state index contributed by atoms with van der Waals surface area (Å²) in [6.07, 6.45) is 8.19. The molecular weight excluding hydrogens is 394 g/mol. The van der Waals surface area contributed by atoms with Crippen LogP contribution in [0.5, 0.6) is 0 Å². The van der Waals surface area contributed by atoms with Crippen molar-refractivity contribution >= 4 is 17.7 Å². The zero-order chi connectivity index (χ0) is 20.9. The van der Waals surface area contributed by atoms with Crippen molar-refractivity contribution in [2.45, 2.75) is 70.6 Å². The molecule has 1 aromatic carbocycles. The van der Waals surface area contributed by atoms with Gasteiger partial charge < -0.3 is 9.73 Å². The molecule has 6 rings (SSSR count). The van der Waals surface area contributed by atoms with Crippen molar-refractivity contribution < 1.29 is 9.21 Å². The van der Waals surface area contributed by atoms with E-state index >= 15 is 0 Å². The van der Waals surface area contributed by atoms with Crippen LogP contribution in [0.2, 0.25) is 0 Å². The summed E-state index contributed by atoms with van der Waals surface area (Å²) in [5, 5.41) is 12.0. The summed E-state index contributed by atoms with van der Waals surface area (Å²) >= 11 is 1.32. The molecule has 1 heterocycles. The lowest BCUT2D eigenvalue weighted by Gasteiger charge is -2.59. The van der Waals surface area contributed by atoms with E-state index < -0.39 is 0 Å². The lowest BCUT2D eigenvalue weighted by atomic mass is 9.48. The fraction of sp³-hybridized carbons (Fsp3) is 0.625. The Bertz CT molecular complexity index is 918. The molecule has 1 unspecified atom stereocenters. The molecule has 2 aromatic rings. The first-order valence-electron chi connectivity index (χ1n) is 11.2. The van der Waals surface area contributed by atoms with Crippen molar-refractivity contribution in [3.05, 3.63) is 29.3 Å². The Morgan fingerprint density at radius 3 is 2.43 bits per heavy atom. The summed E-state index contributed by atoms with van der Waals surface area (Å²) in [5.74, 6) is 3.56. The molecule has 160 valence electrons. The maximum atomic E-state index is 12.7. The smallest absolute Gasteiger partial charge is 0.277 e. The Kier molecular flexibility index (Phi) is 5.16. The number of benzene rings is 1. The third-order valence-corrected chi connectivity index (χ3v) is 8.69. The van der Waals surface area contributed by atoms with Gasteiger partial charge in [0.25, 0.3) is 5.22 Å². The fourth-order valence-electron chi connectivity index (χ4n) is 6.53. The molecule has 1 amide bonds. The van der Waals surface area contributed by atoms with Gasteiger partial charge in [0.15, 0.2) is 0 Å². The number of nitrogens with zero attached hydrogens (tertiary/aromatic N) is 2. The molecule has 4 bridgehead atoms. The second-order valence-corrected chi connectivity index (χ2v) is 11.0. The number of amides is 1. The summed E-state index contributed by atoms with van der Waals surface area (Å²) in [6, 6.07) is 6.34. The average Bonchev–Trinajstić information content (AvgIpc) is 3.16. The van der Waals surface area contributed by atoms with Gasteiger partial charge in [0.2, 0.25) is 11.8 Å². The molecule has 30 heavy (non-hydrogen) atoms. The van der Waals surface area contributed by atoms with Crippen LogP contribution in [0.1, 0.15) is 56.6 Å². The van der Waals surface area contributed by atoms with Crippen LogP contribution in [0, 0.1) is 37.0 Å². The second-order valence-electron chi connectivity index (χ2n) is 10.0. The number of nitrogens with one attached hydrogen (secondary N) is 1. The van der Waals surface area contributed by atoms with E-state index in [0.717, 1.165) is 23.3 Å². The monoisotopic (exact) mass is 425 g/mol. The van der Waals surface area contributed by atoms with Gasteiger partial charge in [-0.2, -0.15) is 0 Å². The van der Waals surface area contributed by atoms with E-state index in [1.54, 1.807) is 0 Å². The minimum Gasteiger partial charge on any atom is -0.411 e. The number of thioether (sulfide) groups is 1. The molecule has 6 heteroatoms. The van der Waals surface area contributed by atoms with Crippen LogP contribution in [0.4, 0.5) is 0 Å². The molecule has 1 atom stereocenters. The summed E-state index contributed by atoms with van der Waals surface area (Å²) in [7, 11) is 0. The lowest BCUT2D eigenvalue weighted by Crippen LogP contribution is -2.56. The second kappa shape index (κ2) is 7.70. The predicted octanol–water partition coefficient (Wildman–Crippen LogP) is 5.17. The number of hydrogen-bond donors (Lipinski definition) is 1. The largest absolute Gasteiger partial charge is 0.411 e. The van der Waals surface area contributed by atoms with E-state index in [1.807, 2.05) is 6.07 Å². The molecule has 0 radical (unpaired) electrons. The van der Waals surface area contributed by atoms with Crippen LogP contribution < -0.4 is 5.32 Å². The molecule has 4 saturated carbocycles. The standard InChI is InChI=1S/C24H31N3O2S/c1-14-4-5-20(6-15(14)2)22-26-27-23(29-22)30-13-21(28)25-16(3)24-10-17-7-18(11-24)9-19(8-17)12-24/h4-6,16-19H,7-13H2,1-3H3,(H,25,28). The van der Waals surface area contributed by atoms with E-state index in [4.69, 9.17) is 4.42 Å². The average molecular weight is 426 g/mol. The highest BCUT2D eigenvalue weighted by Crippen LogP contribution is 2.61. The number of aryl methyl sites for hydroxylation is 2. The van der Waals surface area contributed by atoms with Crippen LogP contribution >= 0.6 is 11.8 Å². The molecule has 1 aromatic heterocycles. The quantitative estimate of drug-likeness (QED) is 0.647. The van der Waals surface area contributed by atoms with Crippen LogP contribution in [-0.2, 0) is 4.79 Å². The van der Waals surface area contributed by atoms with Gasteiger partial charge in [0.05, 0.1) is 5.75 Å². The molecule has 5 nitrogen and oxygen atoms in total. The Labute approximate surface area is 182 Å². The molecule has 0 aliphatic heterocycles. The van der Waals surface area contributed by atoms with Gasteiger partial charge in [-0.3, -0.25) is 4.79 Å². The van der Waals surface area contributed by atoms with E-state index in [1.165, 1.54) is 61.4 Å². The number of carbonyl (C=O) groups is 1. The first-order valence-corrected chi connectivity index (χ1v) is 12.2. The topological polar surface area (TPSA) is 68.0 Å². The lowest BCUT2D eigenvalue weighted by molar-refractivity contribution is -0.123. The third-order valence-electron chi connectivity index (χ3n) is 7.87. The van der Waals surface area contributed by atoms with Crippen LogP contribution in [0.3, 0.4) is 0 Å². The SMILES string of the molecule is Cc1ccc(-c2nnc(SCC(=O)NC(C)C34CC5CC(CC(C5)C3)C4)o2)cc1C. The van der Waals surface area contributed by atoms with E-state index in [0.29, 0.717) is 22.3 Å². The Morgan fingerprint density at radius 2 is 1.80 bits per heavy atom. The number of rotatable bonds is 6. The predicted molar refractivity (Wildman–Crippen MR) is 118 cm³/mol. The van der Waals surface area contributed by atoms with Crippen molar-refractivity contribution in [3.8, 4) is 11.5 Å². The normalized spacial score (nSPS) is 30.4. The van der Waals surface area contributed by atoms with Gasteiger partial charge in [-0.05, 0) is 106 Å². The van der Waals surface area contributed by atoms with Crippen LogP contribution in [0.25, 0.3) is 11.5 Å². The maximum Gasteiger partial charge on any atom is 0.277 e. The molecule has 1 N–H and O–H groups in total. The molecule has 4 fully saturated rings. The molecule has 4 aliphatic rings. The van der Waals surface area contributed by atoms with Crippen molar-refractivity contribution in [1.29, 1.82) is 0 Å². The summed E-state index contributed by atoms with van der Waals surface area (Å²) in [5.41, 5.74) is 3.67. The maximum absolute atomic E-state index is 12.7. The third kappa shape index (κ3) is 3.79.